The number of rotatable bonds is 10. The molecule has 1 atom stereocenters. The normalized spacial score (nSPS) is 16.9. The maximum absolute atomic E-state index is 5.97. The molecule has 0 aromatic heterocycles. The second kappa shape index (κ2) is 12.5. The third-order valence-electron chi connectivity index (χ3n) is 6.22. The van der Waals surface area contributed by atoms with Gasteiger partial charge in [0.2, 0.25) is 0 Å². The van der Waals surface area contributed by atoms with E-state index in [4.69, 9.17) is 14.2 Å². The van der Waals surface area contributed by atoms with Crippen LogP contribution in [-0.4, -0.2) is 53.0 Å². The molecule has 1 aliphatic rings. The zero-order valence-electron chi connectivity index (χ0n) is 19.6. The van der Waals surface area contributed by atoms with Gasteiger partial charge < -0.3 is 24.8 Å². The average molecular weight is 440 g/mol. The predicted octanol–water partition coefficient (Wildman–Crippen LogP) is 4.08. The fourth-order valence-corrected chi connectivity index (χ4v) is 4.11. The summed E-state index contributed by atoms with van der Waals surface area (Å²) in [5, 5.41) is 6.96. The summed E-state index contributed by atoms with van der Waals surface area (Å²) in [6, 6.07) is 18.7. The first-order valence-corrected chi connectivity index (χ1v) is 11.5. The Morgan fingerprint density at radius 1 is 1.06 bits per heavy atom. The fourth-order valence-electron chi connectivity index (χ4n) is 4.11. The van der Waals surface area contributed by atoms with Gasteiger partial charge in [0.25, 0.3) is 0 Å². The van der Waals surface area contributed by atoms with Crippen LogP contribution in [0, 0.1) is 0 Å². The summed E-state index contributed by atoms with van der Waals surface area (Å²) in [5.41, 5.74) is 2.54. The van der Waals surface area contributed by atoms with Gasteiger partial charge in [0, 0.05) is 45.4 Å². The highest BCUT2D eigenvalue weighted by Crippen LogP contribution is 2.35. The third kappa shape index (κ3) is 6.71. The van der Waals surface area contributed by atoms with E-state index >= 15 is 0 Å². The van der Waals surface area contributed by atoms with Crippen molar-refractivity contribution in [1.82, 2.24) is 10.6 Å². The molecule has 2 N–H and O–H groups in total. The van der Waals surface area contributed by atoms with Gasteiger partial charge in [-0.05, 0) is 49.4 Å². The van der Waals surface area contributed by atoms with E-state index in [9.17, 15) is 0 Å². The summed E-state index contributed by atoms with van der Waals surface area (Å²) < 4.78 is 17.0. The highest BCUT2D eigenvalue weighted by molar-refractivity contribution is 5.79. The van der Waals surface area contributed by atoms with E-state index in [-0.39, 0.29) is 11.5 Å². The van der Waals surface area contributed by atoms with Crippen LogP contribution < -0.4 is 15.4 Å². The molecule has 1 aliphatic heterocycles. The van der Waals surface area contributed by atoms with Crippen LogP contribution in [0.25, 0.3) is 0 Å². The molecule has 1 saturated heterocycles. The second-order valence-electron chi connectivity index (χ2n) is 8.25. The molecule has 1 unspecified atom stereocenters. The number of hydrogen-bond acceptors (Lipinski definition) is 4. The highest BCUT2D eigenvalue weighted by atomic mass is 16.5. The van der Waals surface area contributed by atoms with Crippen LogP contribution >= 0.6 is 0 Å². The summed E-state index contributed by atoms with van der Waals surface area (Å²) in [7, 11) is 3.51. The molecule has 2 aromatic carbocycles. The zero-order chi connectivity index (χ0) is 22.7. The van der Waals surface area contributed by atoms with Crippen molar-refractivity contribution in [2.45, 2.75) is 37.7 Å². The van der Waals surface area contributed by atoms with E-state index < -0.39 is 0 Å². The monoisotopic (exact) mass is 439 g/mol. The topological polar surface area (TPSA) is 64.1 Å². The van der Waals surface area contributed by atoms with Crippen molar-refractivity contribution in [3.8, 4) is 5.75 Å². The SMILES string of the molecule is CN=C(NCCCOC(C)c1ccccc1)NCC1(c2ccc(OC)cc2)CCOCC1. The first-order chi connectivity index (χ1) is 15.7. The van der Waals surface area contributed by atoms with E-state index in [1.54, 1.807) is 7.11 Å². The van der Waals surface area contributed by atoms with Crippen LogP contribution in [0.4, 0.5) is 0 Å². The molecule has 0 bridgehead atoms. The molecular formula is C26H37N3O3. The Bertz CT molecular complexity index is 818. The van der Waals surface area contributed by atoms with Crippen molar-refractivity contribution in [1.29, 1.82) is 0 Å². The number of nitrogens with zero attached hydrogens (tertiary/aromatic N) is 1. The van der Waals surface area contributed by atoms with Gasteiger partial charge in [-0.3, -0.25) is 4.99 Å². The van der Waals surface area contributed by atoms with Gasteiger partial charge >= 0.3 is 0 Å². The van der Waals surface area contributed by atoms with E-state index in [0.717, 1.165) is 57.3 Å². The molecule has 0 saturated carbocycles. The Balaban J connectivity index is 1.46. The van der Waals surface area contributed by atoms with Crippen LogP contribution in [0.3, 0.4) is 0 Å². The highest BCUT2D eigenvalue weighted by Gasteiger charge is 2.34. The van der Waals surface area contributed by atoms with Crippen molar-refractivity contribution < 1.29 is 14.2 Å². The van der Waals surface area contributed by atoms with E-state index in [1.807, 2.05) is 37.4 Å². The third-order valence-corrected chi connectivity index (χ3v) is 6.22. The van der Waals surface area contributed by atoms with Crippen molar-refractivity contribution in [3.05, 3.63) is 65.7 Å². The molecule has 6 heteroatoms. The number of nitrogens with one attached hydrogen (secondary N) is 2. The molecule has 6 nitrogen and oxygen atoms in total. The fraction of sp³-hybridized carbons (Fsp3) is 0.500. The maximum atomic E-state index is 5.97. The molecular weight excluding hydrogens is 402 g/mol. The van der Waals surface area contributed by atoms with Gasteiger partial charge in [-0.15, -0.1) is 0 Å². The minimum Gasteiger partial charge on any atom is -0.497 e. The minimum absolute atomic E-state index is 0.0242. The lowest BCUT2D eigenvalue weighted by molar-refractivity contribution is 0.0513. The standard InChI is InChI=1S/C26H37N3O3/c1-21(22-8-5-4-6-9-22)32-17-7-16-28-25(27-2)29-20-26(14-18-31-19-15-26)23-10-12-24(30-3)13-11-23/h4-6,8-13,21H,7,14-20H2,1-3H3,(H2,27,28,29). The second-order valence-corrected chi connectivity index (χ2v) is 8.25. The molecule has 2 aromatic rings. The summed E-state index contributed by atoms with van der Waals surface area (Å²) >= 11 is 0. The van der Waals surface area contributed by atoms with Crippen LogP contribution in [0.1, 0.15) is 43.4 Å². The van der Waals surface area contributed by atoms with Crippen molar-refractivity contribution >= 4 is 5.96 Å². The van der Waals surface area contributed by atoms with Crippen LogP contribution in [-0.2, 0) is 14.9 Å². The van der Waals surface area contributed by atoms with Gasteiger partial charge in [-0.1, -0.05) is 42.5 Å². The number of methoxy groups -OCH3 is 1. The predicted molar refractivity (Wildman–Crippen MR) is 130 cm³/mol. The number of ether oxygens (including phenoxy) is 3. The number of guanidine groups is 1. The molecule has 1 fully saturated rings. The number of benzene rings is 2. The van der Waals surface area contributed by atoms with Crippen molar-refractivity contribution in [3.63, 3.8) is 0 Å². The molecule has 0 radical (unpaired) electrons. The maximum Gasteiger partial charge on any atom is 0.191 e. The summed E-state index contributed by atoms with van der Waals surface area (Å²) in [6.45, 7) is 5.96. The molecule has 0 spiro atoms. The molecule has 0 aliphatic carbocycles. The van der Waals surface area contributed by atoms with E-state index in [0.29, 0.717) is 6.61 Å². The van der Waals surface area contributed by atoms with Gasteiger partial charge in [-0.25, -0.2) is 0 Å². The average Bonchev–Trinajstić information content (AvgIpc) is 2.86. The van der Waals surface area contributed by atoms with E-state index in [1.165, 1.54) is 11.1 Å². The Hall–Kier alpha value is -2.57. The largest absolute Gasteiger partial charge is 0.497 e. The Morgan fingerprint density at radius 2 is 1.78 bits per heavy atom. The minimum atomic E-state index is 0.0242. The molecule has 1 heterocycles. The van der Waals surface area contributed by atoms with Crippen LogP contribution in [0.5, 0.6) is 5.75 Å². The van der Waals surface area contributed by atoms with Crippen LogP contribution in [0.15, 0.2) is 59.6 Å². The van der Waals surface area contributed by atoms with Crippen molar-refractivity contribution in [2.75, 3.05) is 47.1 Å². The van der Waals surface area contributed by atoms with Gasteiger partial charge in [0.15, 0.2) is 5.96 Å². The van der Waals surface area contributed by atoms with Gasteiger partial charge in [0.1, 0.15) is 5.75 Å². The van der Waals surface area contributed by atoms with Gasteiger partial charge in [0.05, 0.1) is 13.2 Å². The quantitative estimate of drug-likeness (QED) is 0.332. The van der Waals surface area contributed by atoms with Gasteiger partial charge in [-0.2, -0.15) is 0 Å². The lowest BCUT2D eigenvalue weighted by Crippen LogP contribution is -2.48. The zero-order valence-corrected chi connectivity index (χ0v) is 19.6. The number of hydrogen-bond donors (Lipinski definition) is 2. The summed E-state index contributed by atoms with van der Waals surface area (Å²) in [4.78, 5) is 4.41. The smallest absolute Gasteiger partial charge is 0.191 e. The Kier molecular flexibility index (Phi) is 9.38. The van der Waals surface area contributed by atoms with E-state index in [2.05, 4.69) is 46.8 Å². The number of aliphatic imine (C=N–C) groups is 1. The lowest BCUT2D eigenvalue weighted by Gasteiger charge is -2.38. The molecule has 3 rings (SSSR count). The van der Waals surface area contributed by atoms with Crippen LogP contribution in [0.2, 0.25) is 0 Å². The molecule has 174 valence electrons. The summed E-state index contributed by atoms with van der Waals surface area (Å²) in [6.07, 6.45) is 2.98. The molecule has 32 heavy (non-hydrogen) atoms. The first-order valence-electron chi connectivity index (χ1n) is 11.5. The van der Waals surface area contributed by atoms with Crippen molar-refractivity contribution in [2.24, 2.45) is 4.99 Å². The lowest BCUT2D eigenvalue weighted by atomic mass is 9.74. The molecule has 0 amide bonds. The summed E-state index contributed by atoms with van der Waals surface area (Å²) in [5.74, 6) is 1.70. The Labute approximate surface area is 192 Å². The Morgan fingerprint density at radius 3 is 2.44 bits per heavy atom. The first kappa shape index (κ1) is 24.1.